The number of ether oxygens (including phenoxy) is 3. The maximum absolute atomic E-state index is 13.5. The molecule has 3 aromatic rings. The Morgan fingerprint density at radius 2 is 1.65 bits per heavy atom. The zero-order valence-corrected chi connectivity index (χ0v) is 19.2. The number of rotatable bonds is 8. The monoisotopic (exact) mass is 461 g/mol. The first-order valence-corrected chi connectivity index (χ1v) is 11.8. The van der Waals surface area contributed by atoms with Crippen LogP contribution >= 0.6 is 11.3 Å². The number of methoxy groups -OCH3 is 2. The lowest BCUT2D eigenvalue weighted by Gasteiger charge is -2.13. The quantitative estimate of drug-likeness (QED) is 0.488. The second-order valence-corrected chi connectivity index (χ2v) is 9.10. The van der Waals surface area contributed by atoms with Crippen molar-refractivity contribution in [1.29, 1.82) is 0 Å². The van der Waals surface area contributed by atoms with Crippen LogP contribution in [0.5, 0.6) is 11.5 Å². The van der Waals surface area contributed by atoms with E-state index in [1.807, 2.05) is 31.2 Å². The molecular formula is C22H23NO6S2. The third kappa shape index (κ3) is 5.00. The number of aryl methyl sites for hydroxylation is 1. The molecule has 0 atom stereocenters. The standard InChI is InChI=1S/C22H23NO6S2/c1-5-29-22(24)20-21(19(13-30-20)15-8-6-14(2)7-9-15)31(25,26)23-16-10-17(27-3)12-18(11-16)28-4/h6-13,23H,5H2,1-4H3. The maximum Gasteiger partial charge on any atom is 0.349 e. The zero-order valence-electron chi connectivity index (χ0n) is 17.6. The first-order valence-electron chi connectivity index (χ1n) is 9.40. The molecule has 0 aliphatic heterocycles. The molecule has 1 aromatic heterocycles. The van der Waals surface area contributed by atoms with Crippen molar-refractivity contribution in [3.63, 3.8) is 0 Å². The van der Waals surface area contributed by atoms with Gasteiger partial charge in [0.15, 0.2) is 0 Å². The minimum Gasteiger partial charge on any atom is -0.497 e. The minimum absolute atomic E-state index is 0.0137. The van der Waals surface area contributed by atoms with Crippen LogP contribution in [0, 0.1) is 6.92 Å². The van der Waals surface area contributed by atoms with Crippen LogP contribution in [-0.4, -0.2) is 35.2 Å². The molecule has 0 aliphatic carbocycles. The van der Waals surface area contributed by atoms with Crippen LogP contribution in [0.1, 0.15) is 22.2 Å². The van der Waals surface area contributed by atoms with Gasteiger partial charge in [0, 0.05) is 29.1 Å². The SMILES string of the molecule is CCOC(=O)c1scc(-c2ccc(C)cc2)c1S(=O)(=O)Nc1cc(OC)cc(OC)c1. The van der Waals surface area contributed by atoms with Gasteiger partial charge in [-0.25, -0.2) is 13.2 Å². The number of thiophene rings is 1. The molecule has 0 radical (unpaired) electrons. The summed E-state index contributed by atoms with van der Waals surface area (Å²) < 4.78 is 45.0. The normalized spacial score (nSPS) is 11.1. The van der Waals surface area contributed by atoms with Crippen LogP contribution in [0.4, 0.5) is 5.69 Å². The molecule has 9 heteroatoms. The molecule has 0 saturated heterocycles. The summed E-state index contributed by atoms with van der Waals surface area (Å²) in [4.78, 5) is 12.4. The van der Waals surface area contributed by atoms with Gasteiger partial charge in [0.25, 0.3) is 10.0 Å². The number of hydrogen-bond acceptors (Lipinski definition) is 7. The number of carbonyl (C=O) groups excluding carboxylic acids is 1. The van der Waals surface area contributed by atoms with Crippen molar-refractivity contribution in [2.45, 2.75) is 18.7 Å². The first kappa shape index (κ1) is 22.6. The molecule has 31 heavy (non-hydrogen) atoms. The number of sulfonamides is 1. The fraction of sp³-hybridized carbons (Fsp3) is 0.227. The molecule has 7 nitrogen and oxygen atoms in total. The molecule has 1 heterocycles. The van der Waals surface area contributed by atoms with Crippen LogP contribution < -0.4 is 14.2 Å². The van der Waals surface area contributed by atoms with Gasteiger partial charge in [-0.1, -0.05) is 29.8 Å². The number of esters is 1. The van der Waals surface area contributed by atoms with E-state index < -0.39 is 16.0 Å². The third-order valence-electron chi connectivity index (χ3n) is 4.44. The fourth-order valence-electron chi connectivity index (χ4n) is 2.96. The average Bonchev–Trinajstić information content (AvgIpc) is 3.20. The molecule has 0 amide bonds. The number of anilines is 1. The van der Waals surface area contributed by atoms with Gasteiger partial charge in [-0.3, -0.25) is 4.72 Å². The Balaban J connectivity index is 2.13. The van der Waals surface area contributed by atoms with Crippen molar-refractivity contribution in [3.05, 3.63) is 58.3 Å². The highest BCUT2D eigenvalue weighted by atomic mass is 32.2. The Bertz CT molecular complexity index is 1160. The summed E-state index contributed by atoms with van der Waals surface area (Å²) >= 11 is 1.03. The smallest absolute Gasteiger partial charge is 0.349 e. The van der Waals surface area contributed by atoms with E-state index in [4.69, 9.17) is 14.2 Å². The van der Waals surface area contributed by atoms with Gasteiger partial charge in [-0.05, 0) is 19.4 Å². The maximum atomic E-state index is 13.5. The highest BCUT2D eigenvalue weighted by Gasteiger charge is 2.30. The van der Waals surface area contributed by atoms with Gasteiger partial charge in [-0.15, -0.1) is 11.3 Å². The Hall–Kier alpha value is -3.04. The lowest BCUT2D eigenvalue weighted by atomic mass is 10.1. The van der Waals surface area contributed by atoms with Gasteiger partial charge in [-0.2, -0.15) is 0 Å². The van der Waals surface area contributed by atoms with Crippen molar-refractivity contribution in [1.82, 2.24) is 0 Å². The molecule has 0 fully saturated rings. The Morgan fingerprint density at radius 1 is 1.03 bits per heavy atom. The lowest BCUT2D eigenvalue weighted by molar-refractivity contribution is 0.0528. The molecule has 0 aliphatic rings. The molecule has 0 bridgehead atoms. The van der Waals surface area contributed by atoms with Gasteiger partial charge in [0.2, 0.25) is 0 Å². The molecule has 164 valence electrons. The number of nitrogens with one attached hydrogen (secondary N) is 1. The molecule has 1 N–H and O–H groups in total. The summed E-state index contributed by atoms with van der Waals surface area (Å²) in [6, 6.07) is 12.1. The van der Waals surface area contributed by atoms with Gasteiger partial charge in [0.05, 0.1) is 26.5 Å². The zero-order chi connectivity index (χ0) is 22.6. The summed E-state index contributed by atoms with van der Waals surface area (Å²) in [7, 11) is -1.21. The lowest BCUT2D eigenvalue weighted by Crippen LogP contribution is -2.17. The topological polar surface area (TPSA) is 90.9 Å². The first-order chi connectivity index (χ1) is 14.8. The van der Waals surface area contributed by atoms with E-state index in [9.17, 15) is 13.2 Å². The van der Waals surface area contributed by atoms with Crippen molar-refractivity contribution < 1.29 is 27.4 Å². The minimum atomic E-state index is -4.15. The van der Waals surface area contributed by atoms with Crippen molar-refractivity contribution in [2.75, 3.05) is 25.5 Å². The summed E-state index contributed by atoms with van der Waals surface area (Å²) in [6.07, 6.45) is 0. The van der Waals surface area contributed by atoms with Crippen molar-refractivity contribution in [3.8, 4) is 22.6 Å². The highest BCUT2D eigenvalue weighted by molar-refractivity contribution is 7.93. The van der Waals surface area contributed by atoms with Crippen LogP contribution in [0.2, 0.25) is 0 Å². The van der Waals surface area contributed by atoms with Gasteiger partial charge >= 0.3 is 5.97 Å². The molecule has 2 aromatic carbocycles. The third-order valence-corrected chi connectivity index (χ3v) is 7.00. The number of benzene rings is 2. The summed E-state index contributed by atoms with van der Waals surface area (Å²) in [6.45, 7) is 3.74. The van der Waals surface area contributed by atoms with E-state index in [2.05, 4.69) is 4.72 Å². The van der Waals surface area contributed by atoms with Gasteiger partial charge < -0.3 is 14.2 Å². The number of hydrogen-bond donors (Lipinski definition) is 1. The molecular weight excluding hydrogens is 438 g/mol. The molecule has 0 spiro atoms. The van der Waals surface area contributed by atoms with E-state index in [0.29, 0.717) is 22.6 Å². The average molecular weight is 462 g/mol. The largest absolute Gasteiger partial charge is 0.497 e. The van der Waals surface area contributed by atoms with E-state index in [0.717, 1.165) is 16.9 Å². The van der Waals surface area contributed by atoms with Crippen molar-refractivity contribution in [2.24, 2.45) is 0 Å². The van der Waals surface area contributed by atoms with Crippen LogP contribution in [0.15, 0.2) is 52.7 Å². The summed E-state index contributed by atoms with van der Waals surface area (Å²) in [5.41, 5.74) is 2.39. The predicted molar refractivity (Wildman–Crippen MR) is 121 cm³/mol. The second-order valence-electron chi connectivity index (χ2n) is 6.60. The Kier molecular flexibility index (Phi) is 6.87. The second kappa shape index (κ2) is 9.40. The van der Waals surface area contributed by atoms with E-state index in [1.165, 1.54) is 26.4 Å². The Morgan fingerprint density at radius 3 is 2.19 bits per heavy atom. The molecule has 3 rings (SSSR count). The van der Waals surface area contributed by atoms with Crippen LogP contribution in [-0.2, 0) is 14.8 Å². The Labute approximate surface area is 185 Å². The predicted octanol–water partition coefficient (Wildman–Crippen LogP) is 4.72. The van der Waals surface area contributed by atoms with E-state index in [-0.39, 0.29) is 22.1 Å². The highest BCUT2D eigenvalue weighted by Crippen LogP contribution is 2.37. The fourth-order valence-corrected chi connectivity index (χ4v) is 5.69. The number of carbonyl (C=O) groups is 1. The van der Waals surface area contributed by atoms with Crippen LogP contribution in [0.25, 0.3) is 11.1 Å². The van der Waals surface area contributed by atoms with E-state index in [1.54, 1.807) is 18.4 Å². The van der Waals surface area contributed by atoms with E-state index >= 15 is 0 Å². The summed E-state index contributed by atoms with van der Waals surface area (Å²) in [5.74, 6) is 0.160. The molecule has 0 saturated carbocycles. The van der Waals surface area contributed by atoms with Gasteiger partial charge in [0.1, 0.15) is 21.3 Å². The molecule has 0 unspecified atom stereocenters. The summed E-state index contributed by atoms with van der Waals surface area (Å²) in [5, 5.41) is 1.65. The van der Waals surface area contributed by atoms with Crippen molar-refractivity contribution >= 4 is 33.0 Å². The van der Waals surface area contributed by atoms with Crippen LogP contribution in [0.3, 0.4) is 0 Å².